The molecule has 1 aliphatic heterocycles. The number of benzene rings is 1. The van der Waals surface area contributed by atoms with E-state index in [4.69, 9.17) is 0 Å². The van der Waals surface area contributed by atoms with E-state index in [0.717, 1.165) is 12.2 Å². The Labute approximate surface area is 97.4 Å². The highest BCUT2D eigenvalue weighted by Gasteiger charge is 2.13. The number of likely N-dealkylation sites (N-methyl/N-ethyl adjacent to an activating group) is 1. The molecule has 0 N–H and O–H groups in total. The minimum absolute atomic E-state index is 0.947. The van der Waals surface area contributed by atoms with Gasteiger partial charge in [-0.15, -0.1) is 0 Å². The van der Waals surface area contributed by atoms with Gasteiger partial charge in [-0.2, -0.15) is 0 Å². The van der Waals surface area contributed by atoms with Crippen molar-refractivity contribution in [3.63, 3.8) is 0 Å². The smallest absolute Gasteiger partial charge is 0.0484 e. The number of hydrogen-bond acceptors (Lipinski definition) is 1. The summed E-state index contributed by atoms with van der Waals surface area (Å²) in [5.74, 6) is 0. The summed E-state index contributed by atoms with van der Waals surface area (Å²) >= 11 is 0. The molecular weight excluding hydrogens is 194 g/mol. The molecule has 1 heteroatoms. The van der Waals surface area contributed by atoms with Crippen molar-refractivity contribution in [1.82, 2.24) is 4.90 Å². The highest BCUT2D eigenvalue weighted by atomic mass is 15.1. The van der Waals surface area contributed by atoms with Crippen LogP contribution in [0, 0.1) is 6.92 Å². The fourth-order valence-corrected chi connectivity index (χ4v) is 1.93. The zero-order chi connectivity index (χ0) is 11.5. The fraction of sp³-hybridized carbons (Fsp3) is 0.200. The topological polar surface area (TPSA) is 3.24 Å². The molecule has 0 bridgehead atoms. The first-order valence-electron chi connectivity index (χ1n) is 5.64. The first-order chi connectivity index (χ1) is 7.72. The van der Waals surface area contributed by atoms with Crippen LogP contribution in [0.1, 0.15) is 18.1 Å². The van der Waals surface area contributed by atoms with Gasteiger partial charge in [-0.05, 0) is 31.6 Å². The number of nitrogens with zero attached hydrogens (tertiary/aromatic N) is 1. The molecule has 0 aromatic heterocycles. The van der Waals surface area contributed by atoms with Gasteiger partial charge in [-0.25, -0.2) is 0 Å². The molecule has 82 valence electrons. The first-order valence-corrected chi connectivity index (χ1v) is 5.64. The van der Waals surface area contributed by atoms with Crippen LogP contribution in [-0.4, -0.2) is 11.4 Å². The molecular formula is C15H17N. The maximum absolute atomic E-state index is 4.06. The molecule has 1 aliphatic rings. The molecule has 0 radical (unpaired) electrons. The Bertz CT molecular complexity index is 449. The third-order valence-corrected chi connectivity index (χ3v) is 2.84. The van der Waals surface area contributed by atoms with Gasteiger partial charge in [0.15, 0.2) is 0 Å². The molecule has 0 spiro atoms. The summed E-state index contributed by atoms with van der Waals surface area (Å²) in [4.78, 5) is 2.23. The minimum Gasteiger partial charge on any atom is -0.342 e. The highest BCUT2D eigenvalue weighted by Crippen LogP contribution is 2.26. The van der Waals surface area contributed by atoms with E-state index in [1.807, 2.05) is 6.08 Å². The van der Waals surface area contributed by atoms with Crippen molar-refractivity contribution in [2.24, 2.45) is 0 Å². The molecule has 0 atom stereocenters. The van der Waals surface area contributed by atoms with Crippen molar-refractivity contribution >= 4 is 5.70 Å². The summed E-state index contributed by atoms with van der Waals surface area (Å²) < 4.78 is 0. The molecule has 1 nitrogen and oxygen atoms in total. The Kier molecular flexibility index (Phi) is 2.95. The summed E-state index contributed by atoms with van der Waals surface area (Å²) in [6.45, 7) is 9.26. The fourth-order valence-electron chi connectivity index (χ4n) is 1.93. The maximum atomic E-state index is 4.06. The lowest BCUT2D eigenvalue weighted by Gasteiger charge is -2.28. The predicted octanol–water partition coefficient (Wildman–Crippen LogP) is 3.74. The van der Waals surface area contributed by atoms with Crippen molar-refractivity contribution in [3.05, 3.63) is 65.9 Å². The lowest BCUT2D eigenvalue weighted by Crippen LogP contribution is -2.21. The zero-order valence-electron chi connectivity index (χ0n) is 9.90. The van der Waals surface area contributed by atoms with E-state index in [1.54, 1.807) is 0 Å². The number of rotatable bonds is 2. The van der Waals surface area contributed by atoms with E-state index in [-0.39, 0.29) is 0 Å². The quantitative estimate of drug-likeness (QED) is 0.720. The van der Waals surface area contributed by atoms with Crippen molar-refractivity contribution in [3.8, 4) is 0 Å². The van der Waals surface area contributed by atoms with Crippen molar-refractivity contribution in [1.29, 1.82) is 0 Å². The van der Waals surface area contributed by atoms with Crippen LogP contribution in [0.5, 0.6) is 0 Å². The molecule has 2 rings (SSSR count). The summed E-state index contributed by atoms with van der Waals surface area (Å²) in [5.41, 5.74) is 4.83. The van der Waals surface area contributed by atoms with Gasteiger partial charge in [0.05, 0.1) is 0 Å². The van der Waals surface area contributed by atoms with E-state index in [2.05, 4.69) is 61.7 Å². The van der Waals surface area contributed by atoms with E-state index in [9.17, 15) is 0 Å². The minimum atomic E-state index is 0.947. The molecule has 1 aromatic rings. The monoisotopic (exact) mass is 211 g/mol. The summed E-state index contributed by atoms with van der Waals surface area (Å²) in [6, 6.07) is 8.61. The lowest BCUT2D eigenvalue weighted by atomic mass is 10.1. The van der Waals surface area contributed by atoms with Gasteiger partial charge in [0, 0.05) is 17.9 Å². The van der Waals surface area contributed by atoms with Crippen LogP contribution in [0.2, 0.25) is 0 Å². The molecule has 0 fully saturated rings. The lowest BCUT2D eigenvalue weighted by molar-refractivity contribution is 0.530. The van der Waals surface area contributed by atoms with E-state index in [0.29, 0.717) is 0 Å². The molecule has 1 heterocycles. The SMILES string of the molecule is C=C1C=CC=C(c2ccc(C)cc2)N1CC. The van der Waals surface area contributed by atoms with Gasteiger partial charge >= 0.3 is 0 Å². The number of hydrogen-bond donors (Lipinski definition) is 0. The van der Waals surface area contributed by atoms with Crippen LogP contribution in [0.3, 0.4) is 0 Å². The molecule has 1 aromatic carbocycles. The third kappa shape index (κ3) is 1.94. The standard InChI is InChI=1S/C15H17N/c1-4-16-13(3)6-5-7-15(16)14-10-8-12(2)9-11-14/h5-11H,3-4H2,1-2H3. The van der Waals surface area contributed by atoms with Gasteiger partial charge in [0.25, 0.3) is 0 Å². The largest absolute Gasteiger partial charge is 0.342 e. The molecule has 0 unspecified atom stereocenters. The van der Waals surface area contributed by atoms with Crippen LogP contribution in [0.15, 0.2) is 54.8 Å². The summed E-state index contributed by atoms with van der Waals surface area (Å²) in [5, 5.41) is 0. The highest BCUT2D eigenvalue weighted by molar-refractivity contribution is 5.69. The van der Waals surface area contributed by atoms with E-state index >= 15 is 0 Å². The normalized spacial score (nSPS) is 15.2. The Morgan fingerprint density at radius 3 is 2.50 bits per heavy atom. The van der Waals surface area contributed by atoms with Crippen LogP contribution in [-0.2, 0) is 0 Å². The Morgan fingerprint density at radius 2 is 1.88 bits per heavy atom. The van der Waals surface area contributed by atoms with Crippen molar-refractivity contribution < 1.29 is 0 Å². The average Bonchev–Trinajstić information content (AvgIpc) is 2.30. The molecule has 16 heavy (non-hydrogen) atoms. The van der Waals surface area contributed by atoms with Crippen molar-refractivity contribution in [2.75, 3.05) is 6.54 Å². The van der Waals surface area contributed by atoms with Crippen LogP contribution < -0.4 is 0 Å². The van der Waals surface area contributed by atoms with Crippen LogP contribution in [0.4, 0.5) is 0 Å². The Balaban J connectivity index is 2.39. The average molecular weight is 211 g/mol. The Hall–Kier alpha value is -1.76. The second kappa shape index (κ2) is 4.40. The van der Waals surface area contributed by atoms with E-state index in [1.165, 1.54) is 16.8 Å². The van der Waals surface area contributed by atoms with Gasteiger partial charge in [-0.1, -0.05) is 42.5 Å². The molecule has 0 saturated heterocycles. The maximum Gasteiger partial charge on any atom is 0.0484 e. The molecule has 0 saturated carbocycles. The van der Waals surface area contributed by atoms with Crippen LogP contribution in [0.25, 0.3) is 5.70 Å². The molecule has 0 amide bonds. The predicted molar refractivity (Wildman–Crippen MR) is 69.8 cm³/mol. The second-order valence-electron chi connectivity index (χ2n) is 4.01. The second-order valence-corrected chi connectivity index (χ2v) is 4.01. The van der Waals surface area contributed by atoms with Gasteiger partial charge < -0.3 is 4.90 Å². The Morgan fingerprint density at radius 1 is 1.19 bits per heavy atom. The van der Waals surface area contributed by atoms with E-state index < -0.39 is 0 Å². The van der Waals surface area contributed by atoms with Gasteiger partial charge in [0.1, 0.15) is 0 Å². The van der Waals surface area contributed by atoms with Gasteiger partial charge in [-0.3, -0.25) is 0 Å². The zero-order valence-corrected chi connectivity index (χ0v) is 9.90. The van der Waals surface area contributed by atoms with Crippen molar-refractivity contribution in [2.45, 2.75) is 13.8 Å². The summed E-state index contributed by atoms with van der Waals surface area (Å²) in [6.07, 6.45) is 6.24. The molecule has 0 aliphatic carbocycles. The number of allylic oxidation sites excluding steroid dienone is 3. The van der Waals surface area contributed by atoms with Crippen LogP contribution >= 0.6 is 0 Å². The third-order valence-electron chi connectivity index (χ3n) is 2.84. The number of aryl methyl sites for hydroxylation is 1. The first kappa shape index (κ1) is 10.7. The summed E-state index contributed by atoms with van der Waals surface area (Å²) in [7, 11) is 0. The van der Waals surface area contributed by atoms with Gasteiger partial charge in [0.2, 0.25) is 0 Å².